The van der Waals surface area contributed by atoms with E-state index >= 15 is 0 Å². The van der Waals surface area contributed by atoms with Gasteiger partial charge >= 0.3 is 0 Å². The van der Waals surface area contributed by atoms with Gasteiger partial charge in [-0.15, -0.1) is 0 Å². The van der Waals surface area contributed by atoms with Crippen LogP contribution in [0.15, 0.2) is 18.2 Å². The lowest BCUT2D eigenvalue weighted by Gasteiger charge is -2.24. The molecular weight excluding hydrogens is 246 g/mol. The number of hydrogen-bond donors (Lipinski definition) is 2. The molecular formula is C14H18ClN3. The van der Waals surface area contributed by atoms with Crippen molar-refractivity contribution in [3.05, 3.63) is 28.8 Å². The first kappa shape index (κ1) is 13.2. The number of halogens is 1. The molecule has 0 aliphatic heterocycles. The van der Waals surface area contributed by atoms with E-state index in [1.165, 1.54) is 19.3 Å². The van der Waals surface area contributed by atoms with Crippen molar-refractivity contribution in [2.75, 3.05) is 5.32 Å². The molecule has 0 amide bonds. The van der Waals surface area contributed by atoms with Gasteiger partial charge in [-0.25, -0.2) is 0 Å². The Bertz CT molecular complexity index is 453. The van der Waals surface area contributed by atoms with Gasteiger partial charge in [0.05, 0.1) is 16.3 Å². The van der Waals surface area contributed by atoms with Crippen molar-refractivity contribution in [1.82, 2.24) is 0 Å². The topological polar surface area (TPSA) is 61.8 Å². The van der Waals surface area contributed by atoms with E-state index in [1.54, 1.807) is 6.07 Å². The lowest BCUT2D eigenvalue weighted by atomic mass is 10.0. The zero-order chi connectivity index (χ0) is 13.0. The van der Waals surface area contributed by atoms with Gasteiger partial charge in [0, 0.05) is 12.1 Å². The zero-order valence-electron chi connectivity index (χ0n) is 10.3. The molecule has 0 spiro atoms. The average Bonchev–Trinajstić information content (AvgIpc) is 2.55. The maximum atomic E-state index is 9.14. The number of nitrogens with zero attached hydrogens (tertiary/aromatic N) is 1. The molecule has 1 aromatic rings. The largest absolute Gasteiger partial charge is 0.380 e. The Morgan fingerprint density at radius 3 is 2.83 bits per heavy atom. The maximum absolute atomic E-state index is 9.14. The Kier molecular flexibility index (Phi) is 4.46. The van der Waals surface area contributed by atoms with Crippen LogP contribution in [0.4, 0.5) is 5.69 Å². The Balaban J connectivity index is 2.18. The summed E-state index contributed by atoms with van der Waals surface area (Å²) >= 11 is 6.02. The molecule has 0 bridgehead atoms. The summed E-state index contributed by atoms with van der Waals surface area (Å²) in [6, 6.07) is 8.01. The summed E-state index contributed by atoms with van der Waals surface area (Å²) in [7, 11) is 0. The number of nitrogens with two attached hydrogens (primary N) is 1. The third-order valence-corrected chi connectivity index (χ3v) is 3.85. The Morgan fingerprint density at radius 2 is 2.06 bits per heavy atom. The normalized spacial score (nSPS) is 24.1. The van der Waals surface area contributed by atoms with Crippen LogP contribution in [-0.2, 0) is 0 Å². The van der Waals surface area contributed by atoms with E-state index in [0.29, 0.717) is 10.6 Å². The third kappa shape index (κ3) is 2.95. The number of nitriles is 1. The van der Waals surface area contributed by atoms with Crippen LogP contribution in [0.3, 0.4) is 0 Å². The van der Waals surface area contributed by atoms with Crippen LogP contribution >= 0.6 is 11.6 Å². The van der Waals surface area contributed by atoms with E-state index in [4.69, 9.17) is 22.6 Å². The number of nitrogens with one attached hydrogen (secondary N) is 1. The van der Waals surface area contributed by atoms with Crippen LogP contribution in [0.5, 0.6) is 0 Å². The first-order chi connectivity index (χ1) is 8.72. The highest BCUT2D eigenvalue weighted by Gasteiger charge is 2.21. The zero-order valence-corrected chi connectivity index (χ0v) is 11.1. The van der Waals surface area contributed by atoms with Gasteiger partial charge in [0.2, 0.25) is 0 Å². The highest BCUT2D eigenvalue weighted by molar-refractivity contribution is 6.32. The van der Waals surface area contributed by atoms with Crippen molar-refractivity contribution in [2.45, 2.75) is 44.2 Å². The molecule has 2 rings (SSSR count). The highest BCUT2D eigenvalue weighted by atomic mass is 35.5. The molecule has 1 saturated carbocycles. The summed E-state index contributed by atoms with van der Waals surface area (Å²) < 4.78 is 0. The van der Waals surface area contributed by atoms with E-state index in [1.807, 2.05) is 12.1 Å². The molecule has 0 saturated heterocycles. The predicted octanol–water partition coefficient (Wildman–Crippen LogP) is 3.28. The number of hydrogen-bond acceptors (Lipinski definition) is 3. The molecule has 3 N–H and O–H groups in total. The summed E-state index contributed by atoms with van der Waals surface area (Å²) in [5.41, 5.74) is 7.49. The van der Waals surface area contributed by atoms with Crippen LogP contribution in [0.2, 0.25) is 5.02 Å². The summed E-state index contributed by atoms with van der Waals surface area (Å²) in [6.07, 6.45) is 5.72. The minimum absolute atomic E-state index is 0.151. The third-order valence-electron chi connectivity index (χ3n) is 3.54. The molecule has 2 unspecified atom stereocenters. The Labute approximate surface area is 113 Å². The van der Waals surface area contributed by atoms with E-state index < -0.39 is 0 Å². The molecule has 0 aromatic heterocycles. The maximum Gasteiger partial charge on any atom is 0.103 e. The van der Waals surface area contributed by atoms with E-state index in [2.05, 4.69) is 11.4 Å². The van der Waals surface area contributed by atoms with Gasteiger partial charge in [0.25, 0.3) is 0 Å². The highest BCUT2D eigenvalue weighted by Crippen LogP contribution is 2.26. The van der Waals surface area contributed by atoms with Crippen molar-refractivity contribution in [3.8, 4) is 6.07 Å². The van der Waals surface area contributed by atoms with Crippen LogP contribution < -0.4 is 11.1 Å². The SMILES string of the molecule is N#Cc1c(Cl)cccc1NC1CCCCCC1N. The van der Waals surface area contributed by atoms with Gasteiger partial charge in [-0.3, -0.25) is 0 Å². The number of anilines is 1. The van der Waals surface area contributed by atoms with Gasteiger partial charge in [-0.1, -0.05) is 36.9 Å². The second-order valence-corrected chi connectivity index (χ2v) is 5.23. The van der Waals surface area contributed by atoms with Crippen LogP contribution in [0.1, 0.15) is 37.7 Å². The molecule has 0 radical (unpaired) electrons. The van der Waals surface area contributed by atoms with Gasteiger partial charge in [-0.05, 0) is 25.0 Å². The molecule has 3 nitrogen and oxygen atoms in total. The van der Waals surface area contributed by atoms with Gasteiger partial charge in [0.1, 0.15) is 6.07 Å². The van der Waals surface area contributed by atoms with Gasteiger partial charge in [0.15, 0.2) is 0 Å². The van der Waals surface area contributed by atoms with Crippen molar-refractivity contribution in [2.24, 2.45) is 5.73 Å². The fourth-order valence-electron chi connectivity index (χ4n) is 2.47. The second-order valence-electron chi connectivity index (χ2n) is 4.83. The van der Waals surface area contributed by atoms with Crippen molar-refractivity contribution in [3.63, 3.8) is 0 Å². The molecule has 0 heterocycles. The monoisotopic (exact) mass is 263 g/mol. The summed E-state index contributed by atoms with van der Waals surface area (Å²) in [6.45, 7) is 0. The first-order valence-electron chi connectivity index (χ1n) is 6.43. The number of benzene rings is 1. The molecule has 1 aliphatic rings. The lowest BCUT2D eigenvalue weighted by Crippen LogP contribution is -2.39. The Morgan fingerprint density at radius 1 is 1.28 bits per heavy atom. The first-order valence-corrected chi connectivity index (χ1v) is 6.81. The minimum Gasteiger partial charge on any atom is -0.380 e. The van der Waals surface area contributed by atoms with Crippen molar-refractivity contribution >= 4 is 17.3 Å². The average molecular weight is 264 g/mol. The summed E-state index contributed by atoms with van der Waals surface area (Å²) in [5.74, 6) is 0. The molecule has 1 aromatic carbocycles. The fraction of sp³-hybridized carbons (Fsp3) is 0.500. The molecule has 96 valence electrons. The van der Waals surface area contributed by atoms with Crippen LogP contribution in [0, 0.1) is 11.3 Å². The van der Waals surface area contributed by atoms with Crippen LogP contribution in [-0.4, -0.2) is 12.1 Å². The standard InChI is InChI=1S/C14H18ClN3/c15-11-5-4-8-13(10(11)9-16)18-14-7-3-1-2-6-12(14)17/h4-5,8,12,14,18H,1-3,6-7,17H2. The quantitative estimate of drug-likeness (QED) is 0.805. The molecule has 1 fully saturated rings. The minimum atomic E-state index is 0.151. The van der Waals surface area contributed by atoms with E-state index in [0.717, 1.165) is 18.5 Å². The summed E-state index contributed by atoms with van der Waals surface area (Å²) in [4.78, 5) is 0. The van der Waals surface area contributed by atoms with Gasteiger partial charge in [-0.2, -0.15) is 5.26 Å². The van der Waals surface area contributed by atoms with E-state index in [9.17, 15) is 0 Å². The van der Waals surface area contributed by atoms with E-state index in [-0.39, 0.29) is 12.1 Å². The molecule has 4 heteroatoms. The van der Waals surface area contributed by atoms with Crippen LogP contribution in [0.25, 0.3) is 0 Å². The smallest absolute Gasteiger partial charge is 0.103 e. The predicted molar refractivity (Wildman–Crippen MR) is 74.6 cm³/mol. The molecule has 1 aliphatic carbocycles. The van der Waals surface area contributed by atoms with Crippen molar-refractivity contribution < 1.29 is 0 Å². The number of rotatable bonds is 2. The summed E-state index contributed by atoms with van der Waals surface area (Å²) in [5, 5.41) is 13.0. The lowest BCUT2D eigenvalue weighted by molar-refractivity contribution is 0.528. The molecule has 2 atom stereocenters. The van der Waals surface area contributed by atoms with Gasteiger partial charge < -0.3 is 11.1 Å². The fourth-order valence-corrected chi connectivity index (χ4v) is 2.69. The Hall–Kier alpha value is -1.24. The molecule has 18 heavy (non-hydrogen) atoms. The van der Waals surface area contributed by atoms with Crippen molar-refractivity contribution in [1.29, 1.82) is 5.26 Å². The second kappa shape index (κ2) is 6.08.